The molecule has 3 rings (SSSR count). The Morgan fingerprint density at radius 3 is 2.68 bits per heavy atom. The number of rotatable bonds is 7. The molecule has 1 aliphatic rings. The monoisotopic (exact) mass is 385 g/mol. The normalized spacial score (nSPS) is 15.7. The lowest BCUT2D eigenvalue weighted by Gasteiger charge is -2.36. The molecule has 1 saturated heterocycles. The third-order valence-electron chi connectivity index (χ3n) is 4.83. The smallest absolute Gasteiger partial charge is 0.194 e. The van der Waals surface area contributed by atoms with Crippen LogP contribution in [0.25, 0.3) is 0 Å². The summed E-state index contributed by atoms with van der Waals surface area (Å²) in [6.07, 6.45) is 1.63. The van der Waals surface area contributed by atoms with E-state index in [1.807, 2.05) is 19.1 Å². The van der Waals surface area contributed by atoms with Crippen LogP contribution in [0, 0.1) is 6.92 Å². The van der Waals surface area contributed by atoms with Gasteiger partial charge in [0, 0.05) is 45.3 Å². The average Bonchev–Trinajstić information content (AvgIpc) is 3.21. The maximum Gasteiger partial charge on any atom is 0.194 e. The molecule has 0 unspecified atom stereocenters. The fraction of sp³-hybridized carbons (Fsp3) is 0.524. The SMILES string of the molecule is CCNC(=NCc1ccc(OCC)c(C)c1)N1CCN(Cc2ccon2)CC1. The van der Waals surface area contributed by atoms with Crippen molar-refractivity contribution in [1.29, 1.82) is 0 Å². The molecule has 0 saturated carbocycles. The van der Waals surface area contributed by atoms with Crippen molar-refractivity contribution in [2.75, 3.05) is 39.3 Å². The molecule has 7 heteroatoms. The molecule has 1 fully saturated rings. The molecule has 0 atom stereocenters. The summed E-state index contributed by atoms with van der Waals surface area (Å²) in [6.45, 7) is 13.1. The lowest BCUT2D eigenvalue weighted by Crippen LogP contribution is -2.52. The minimum absolute atomic E-state index is 0.661. The zero-order valence-electron chi connectivity index (χ0n) is 17.1. The van der Waals surface area contributed by atoms with Crippen molar-refractivity contribution < 1.29 is 9.26 Å². The summed E-state index contributed by atoms with van der Waals surface area (Å²) in [6, 6.07) is 8.23. The standard InChI is InChI=1S/C21H31N5O2/c1-4-22-21(23-15-18-6-7-20(27-5-2)17(3)14-18)26-11-9-25(10-12-26)16-19-8-13-28-24-19/h6-8,13-14H,4-5,9-12,15-16H2,1-3H3,(H,22,23). The minimum atomic E-state index is 0.661. The first-order valence-corrected chi connectivity index (χ1v) is 10.1. The topological polar surface area (TPSA) is 66.1 Å². The molecule has 152 valence electrons. The first kappa shape index (κ1) is 20.2. The van der Waals surface area contributed by atoms with Gasteiger partial charge in [-0.2, -0.15) is 0 Å². The van der Waals surface area contributed by atoms with Crippen LogP contribution in [0.15, 0.2) is 40.0 Å². The van der Waals surface area contributed by atoms with Crippen LogP contribution in [-0.2, 0) is 13.1 Å². The summed E-state index contributed by atoms with van der Waals surface area (Å²) in [5, 5.41) is 7.44. The highest BCUT2D eigenvalue weighted by atomic mass is 16.5. The fourth-order valence-corrected chi connectivity index (χ4v) is 3.39. The molecule has 2 heterocycles. The molecule has 0 aliphatic carbocycles. The molecule has 7 nitrogen and oxygen atoms in total. The van der Waals surface area contributed by atoms with Gasteiger partial charge in [-0.05, 0) is 38.0 Å². The lowest BCUT2D eigenvalue weighted by molar-refractivity contribution is 0.169. The zero-order valence-corrected chi connectivity index (χ0v) is 17.1. The zero-order chi connectivity index (χ0) is 19.8. The van der Waals surface area contributed by atoms with Crippen LogP contribution >= 0.6 is 0 Å². The van der Waals surface area contributed by atoms with Gasteiger partial charge in [0.1, 0.15) is 12.0 Å². The average molecular weight is 386 g/mol. The number of hydrogen-bond acceptors (Lipinski definition) is 5. The van der Waals surface area contributed by atoms with Gasteiger partial charge in [-0.25, -0.2) is 4.99 Å². The number of guanidine groups is 1. The van der Waals surface area contributed by atoms with Crippen molar-refractivity contribution in [1.82, 2.24) is 20.3 Å². The maximum atomic E-state index is 5.63. The van der Waals surface area contributed by atoms with Gasteiger partial charge in [-0.1, -0.05) is 17.3 Å². The van der Waals surface area contributed by atoms with Gasteiger partial charge in [-0.3, -0.25) is 4.90 Å². The molecular weight excluding hydrogens is 354 g/mol. The Kier molecular flexibility index (Phi) is 7.31. The summed E-state index contributed by atoms with van der Waals surface area (Å²) < 4.78 is 10.6. The molecule has 28 heavy (non-hydrogen) atoms. The van der Waals surface area contributed by atoms with Gasteiger partial charge < -0.3 is 19.5 Å². The van der Waals surface area contributed by atoms with Crippen LogP contribution in [0.4, 0.5) is 0 Å². The van der Waals surface area contributed by atoms with Gasteiger partial charge in [-0.15, -0.1) is 0 Å². The largest absolute Gasteiger partial charge is 0.494 e. The van der Waals surface area contributed by atoms with Gasteiger partial charge in [0.25, 0.3) is 0 Å². The highest BCUT2D eigenvalue weighted by molar-refractivity contribution is 5.80. The van der Waals surface area contributed by atoms with E-state index in [-0.39, 0.29) is 0 Å². The van der Waals surface area contributed by atoms with E-state index in [0.717, 1.165) is 62.2 Å². The van der Waals surface area contributed by atoms with Gasteiger partial charge >= 0.3 is 0 Å². The van der Waals surface area contributed by atoms with Crippen molar-refractivity contribution in [2.45, 2.75) is 33.9 Å². The van der Waals surface area contributed by atoms with E-state index in [0.29, 0.717) is 13.2 Å². The van der Waals surface area contributed by atoms with Crippen LogP contribution in [0.5, 0.6) is 5.75 Å². The molecule has 0 spiro atoms. The van der Waals surface area contributed by atoms with E-state index in [4.69, 9.17) is 14.3 Å². The number of aliphatic imine (C=N–C) groups is 1. The number of nitrogens with zero attached hydrogens (tertiary/aromatic N) is 4. The summed E-state index contributed by atoms with van der Waals surface area (Å²) >= 11 is 0. The Balaban J connectivity index is 1.57. The van der Waals surface area contributed by atoms with Crippen molar-refractivity contribution in [3.63, 3.8) is 0 Å². The molecule has 2 aromatic rings. The van der Waals surface area contributed by atoms with Crippen molar-refractivity contribution in [3.05, 3.63) is 47.3 Å². The predicted octanol–water partition coefficient (Wildman–Crippen LogP) is 2.67. The summed E-state index contributed by atoms with van der Waals surface area (Å²) in [5.41, 5.74) is 3.34. The number of ether oxygens (including phenoxy) is 1. The number of benzene rings is 1. The number of piperazine rings is 1. The van der Waals surface area contributed by atoms with Crippen LogP contribution < -0.4 is 10.1 Å². The first-order chi connectivity index (χ1) is 13.7. The number of aromatic nitrogens is 1. The van der Waals surface area contributed by atoms with Crippen molar-refractivity contribution in [2.24, 2.45) is 4.99 Å². The van der Waals surface area contributed by atoms with E-state index >= 15 is 0 Å². The number of hydrogen-bond donors (Lipinski definition) is 1. The molecule has 1 aromatic carbocycles. The van der Waals surface area contributed by atoms with Crippen LogP contribution in [0.2, 0.25) is 0 Å². The van der Waals surface area contributed by atoms with Crippen molar-refractivity contribution in [3.8, 4) is 5.75 Å². The van der Waals surface area contributed by atoms with E-state index < -0.39 is 0 Å². The van der Waals surface area contributed by atoms with Crippen LogP contribution in [0.1, 0.15) is 30.7 Å². The van der Waals surface area contributed by atoms with E-state index in [1.165, 1.54) is 5.56 Å². The lowest BCUT2D eigenvalue weighted by atomic mass is 10.1. The molecular formula is C21H31N5O2. The second-order valence-electron chi connectivity index (χ2n) is 6.96. The van der Waals surface area contributed by atoms with Crippen LogP contribution in [0.3, 0.4) is 0 Å². The Bertz CT molecular complexity index is 752. The Morgan fingerprint density at radius 1 is 1.21 bits per heavy atom. The molecule has 0 amide bonds. The van der Waals surface area contributed by atoms with E-state index in [2.05, 4.69) is 46.3 Å². The molecule has 0 radical (unpaired) electrons. The van der Waals surface area contributed by atoms with Gasteiger partial charge in [0.15, 0.2) is 5.96 Å². The Labute approximate surface area is 167 Å². The Hall–Kier alpha value is -2.54. The fourth-order valence-electron chi connectivity index (χ4n) is 3.39. The highest BCUT2D eigenvalue weighted by Crippen LogP contribution is 2.19. The maximum absolute atomic E-state index is 5.63. The molecule has 1 aromatic heterocycles. The van der Waals surface area contributed by atoms with E-state index in [9.17, 15) is 0 Å². The second-order valence-corrected chi connectivity index (χ2v) is 6.96. The number of aryl methyl sites for hydroxylation is 1. The molecule has 0 bridgehead atoms. The molecule has 1 aliphatic heterocycles. The van der Waals surface area contributed by atoms with Gasteiger partial charge in [0.05, 0.1) is 18.8 Å². The summed E-state index contributed by atoms with van der Waals surface area (Å²) in [7, 11) is 0. The predicted molar refractivity (Wildman–Crippen MR) is 111 cm³/mol. The summed E-state index contributed by atoms with van der Waals surface area (Å²) in [4.78, 5) is 9.60. The second kappa shape index (κ2) is 10.1. The van der Waals surface area contributed by atoms with Gasteiger partial charge in [0.2, 0.25) is 0 Å². The van der Waals surface area contributed by atoms with Crippen LogP contribution in [-0.4, -0.2) is 60.2 Å². The number of nitrogens with one attached hydrogen (secondary N) is 1. The third kappa shape index (κ3) is 5.48. The Morgan fingerprint density at radius 2 is 2.04 bits per heavy atom. The summed E-state index contributed by atoms with van der Waals surface area (Å²) in [5.74, 6) is 1.93. The quantitative estimate of drug-likeness (QED) is 0.584. The third-order valence-corrected chi connectivity index (χ3v) is 4.83. The van der Waals surface area contributed by atoms with E-state index in [1.54, 1.807) is 6.26 Å². The molecule has 1 N–H and O–H groups in total. The minimum Gasteiger partial charge on any atom is -0.494 e. The first-order valence-electron chi connectivity index (χ1n) is 10.1. The highest BCUT2D eigenvalue weighted by Gasteiger charge is 2.20. The van der Waals surface area contributed by atoms with Crippen molar-refractivity contribution >= 4 is 5.96 Å².